The Kier molecular flexibility index (Phi) is 13.2. The highest BCUT2D eigenvalue weighted by atomic mass is 16.6. The van der Waals surface area contributed by atoms with Gasteiger partial charge in [0.2, 0.25) is 0 Å². The Morgan fingerprint density at radius 3 is 1.80 bits per heavy atom. The summed E-state index contributed by atoms with van der Waals surface area (Å²) < 4.78 is 21.8. The molecule has 2 aromatic rings. The van der Waals surface area contributed by atoms with E-state index in [1.54, 1.807) is 53.7 Å². The van der Waals surface area contributed by atoms with Crippen molar-refractivity contribution in [2.75, 3.05) is 10.6 Å². The number of benzene rings is 2. The van der Waals surface area contributed by atoms with Crippen molar-refractivity contribution >= 4 is 35.5 Å². The lowest BCUT2D eigenvalue weighted by molar-refractivity contribution is -0.135. The van der Waals surface area contributed by atoms with Crippen LogP contribution in [0, 0.1) is 22.7 Å². The average Bonchev–Trinajstić information content (AvgIpc) is 2.98. The number of nitriles is 2. The molecule has 262 valence electrons. The first-order chi connectivity index (χ1) is 22.6. The minimum absolute atomic E-state index is 0.0607. The van der Waals surface area contributed by atoms with Gasteiger partial charge in [0, 0.05) is 24.6 Å². The van der Waals surface area contributed by atoms with Crippen molar-refractivity contribution in [2.45, 2.75) is 103 Å². The van der Waals surface area contributed by atoms with Crippen LogP contribution in [0.4, 0.5) is 21.0 Å². The zero-order valence-electron chi connectivity index (χ0n) is 28.9. The second-order valence-corrected chi connectivity index (χ2v) is 13.3. The third kappa shape index (κ3) is 14.3. The highest BCUT2D eigenvalue weighted by Crippen LogP contribution is 2.37. The number of para-hydroxylation sites is 1. The third-order valence-electron chi connectivity index (χ3n) is 6.18. The number of hydrogen-bond acceptors (Lipinski definition) is 12. The molecule has 15 nitrogen and oxygen atoms in total. The van der Waals surface area contributed by atoms with Gasteiger partial charge in [-0.25, -0.2) is 9.59 Å². The van der Waals surface area contributed by atoms with E-state index in [2.05, 4.69) is 20.9 Å². The van der Waals surface area contributed by atoms with Crippen molar-refractivity contribution in [1.82, 2.24) is 0 Å². The topological polar surface area (TPSA) is 222 Å². The standard InChI is InChI=1S/C34H42N6O9/c1-31(2,3)48-25-14-10-13-24(28(25)38-29(43)44)47-27(42)16-18-34(8,21-36)40-39-33(7,20-35)17-15-26(41)46-23-12-9-11-22(19-23)37-30(45)49-32(4,5)6/h9-14,19,38H,15-18H2,1-8H3,(H,37,45)(H,43,44). The minimum atomic E-state index is -1.54. The van der Waals surface area contributed by atoms with Gasteiger partial charge in [0.25, 0.3) is 0 Å². The number of anilines is 2. The van der Waals surface area contributed by atoms with Gasteiger partial charge in [0.15, 0.2) is 16.8 Å². The fraction of sp³-hybridized carbons (Fsp3) is 0.471. The Morgan fingerprint density at radius 2 is 1.29 bits per heavy atom. The van der Waals surface area contributed by atoms with Gasteiger partial charge in [-0.15, -0.1) is 0 Å². The first-order valence-electron chi connectivity index (χ1n) is 15.2. The number of hydrogen-bond donors (Lipinski definition) is 3. The van der Waals surface area contributed by atoms with Gasteiger partial charge in [-0.05, 0) is 92.5 Å². The molecule has 2 aromatic carbocycles. The van der Waals surface area contributed by atoms with Crippen LogP contribution in [0.5, 0.6) is 17.2 Å². The lowest BCUT2D eigenvalue weighted by Gasteiger charge is -2.24. The monoisotopic (exact) mass is 678 g/mol. The number of esters is 2. The SMILES string of the molecule is CC(C#N)(CCC(=O)Oc1cccc(NC(=O)OC(C)(C)C)c1)N=NC(C)(C#N)CCC(=O)Oc1cccc(OC(C)(C)C)c1NC(=O)O. The molecule has 0 fully saturated rings. The van der Waals surface area contributed by atoms with Crippen LogP contribution in [-0.4, -0.2) is 51.5 Å². The van der Waals surface area contributed by atoms with E-state index in [0.29, 0.717) is 5.69 Å². The lowest BCUT2D eigenvalue weighted by Crippen LogP contribution is -2.27. The maximum Gasteiger partial charge on any atom is 0.412 e. The van der Waals surface area contributed by atoms with Crippen molar-refractivity contribution < 1.29 is 43.2 Å². The van der Waals surface area contributed by atoms with E-state index in [1.807, 2.05) is 12.1 Å². The molecule has 0 saturated carbocycles. The summed E-state index contributed by atoms with van der Waals surface area (Å²) in [5.74, 6) is -1.24. The van der Waals surface area contributed by atoms with Crippen LogP contribution in [-0.2, 0) is 14.3 Å². The maximum atomic E-state index is 12.8. The predicted molar refractivity (Wildman–Crippen MR) is 177 cm³/mol. The van der Waals surface area contributed by atoms with Gasteiger partial charge in [-0.2, -0.15) is 20.8 Å². The Balaban J connectivity index is 2.03. The van der Waals surface area contributed by atoms with Gasteiger partial charge in [0.1, 0.15) is 28.4 Å². The van der Waals surface area contributed by atoms with Crippen LogP contribution in [0.3, 0.4) is 0 Å². The molecule has 2 unspecified atom stereocenters. The number of carbonyl (C=O) groups excluding carboxylic acids is 3. The normalized spacial score (nSPS) is 13.8. The molecular weight excluding hydrogens is 636 g/mol. The van der Waals surface area contributed by atoms with E-state index in [0.717, 1.165) is 0 Å². The Hall–Kier alpha value is -5.70. The van der Waals surface area contributed by atoms with Crippen molar-refractivity contribution in [3.8, 4) is 29.4 Å². The quantitative estimate of drug-likeness (QED) is 0.108. The number of ether oxygens (including phenoxy) is 4. The largest absolute Gasteiger partial charge is 0.486 e. The summed E-state index contributed by atoms with van der Waals surface area (Å²) in [4.78, 5) is 48.8. The van der Waals surface area contributed by atoms with Crippen LogP contribution >= 0.6 is 0 Å². The summed E-state index contributed by atoms with van der Waals surface area (Å²) in [5, 5.41) is 41.8. The second kappa shape index (κ2) is 16.4. The van der Waals surface area contributed by atoms with Gasteiger partial charge in [0.05, 0.1) is 12.1 Å². The van der Waals surface area contributed by atoms with E-state index < -0.39 is 46.4 Å². The zero-order valence-corrected chi connectivity index (χ0v) is 28.9. The molecule has 0 heterocycles. The number of azo groups is 1. The van der Waals surface area contributed by atoms with Gasteiger partial charge < -0.3 is 24.1 Å². The maximum absolute atomic E-state index is 12.8. The molecule has 0 aliphatic rings. The molecule has 2 amide bonds. The number of carboxylic acid groups (broad SMARTS) is 1. The first-order valence-corrected chi connectivity index (χ1v) is 15.2. The molecule has 0 aromatic heterocycles. The van der Waals surface area contributed by atoms with Crippen molar-refractivity contribution in [3.63, 3.8) is 0 Å². The summed E-state index contributed by atoms with van der Waals surface area (Å²) in [7, 11) is 0. The molecule has 0 aliphatic carbocycles. The molecule has 0 aliphatic heterocycles. The number of carbonyl (C=O) groups is 4. The Bertz CT molecular complexity index is 1650. The van der Waals surface area contributed by atoms with E-state index in [-0.39, 0.29) is 48.6 Å². The number of amides is 2. The smallest absolute Gasteiger partial charge is 0.412 e. The van der Waals surface area contributed by atoms with Crippen LogP contribution in [0.25, 0.3) is 0 Å². The fourth-order valence-electron chi connectivity index (χ4n) is 3.82. The van der Waals surface area contributed by atoms with Crippen LogP contribution < -0.4 is 24.8 Å². The molecule has 0 radical (unpaired) electrons. The van der Waals surface area contributed by atoms with E-state index >= 15 is 0 Å². The summed E-state index contributed by atoms with van der Waals surface area (Å²) in [6, 6.07) is 14.5. The molecule has 15 heteroatoms. The van der Waals surface area contributed by atoms with Gasteiger partial charge in [-0.3, -0.25) is 20.2 Å². The molecule has 0 saturated heterocycles. The summed E-state index contributed by atoms with van der Waals surface area (Å²) >= 11 is 0. The molecule has 0 bridgehead atoms. The molecule has 3 N–H and O–H groups in total. The minimum Gasteiger partial charge on any atom is -0.486 e. The van der Waals surface area contributed by atoms with Crippen molar-refractivity contribution in [2.24, 2.45) is 10.2 Å². The summed E-state index contributed by atoms with van der Waals surface area (Å²) in [6.07, 6.45) is -2.85. The summed E-state index contributed by atoms with van der Waals surface area (Å²) in [6.45, 7) is 13.3. The van der Waals surface area contributed by atoms with Gasteiger partial charge in [-0.1, -0.05) is 12.1 Å². The van der Waals surface area contributed by atoms with E-state index in [4.69, 9.17) is 18.9 Å². The summed E-state index contributed by atoms with van der Waals surface area (Å²) in [5.41, 5.74) is -4.15. The first kappa shape index (κ1) is 39.5. The molecule has 2 atom stereocenters. The Labute approximate surface area is 285 Å². The van der Waals surface area contributed by atoms with Crippen LogP contribution in [0.15, 0.2) is 52.7 Å². The molecule has 49 heavy (non-hydrogen) atoms. The number of nitrogens with zero attached hydrogens (tertiary/aromatic N) is 4. The lowest BCUT2D eigenvalue weighted by atomic mass is 9.97. The molecular formula is C34H42N6O9. The van der Waals surface area contributed by atoms with Crippen molar-refractivity contribution in [1.29, 1.82) is 10.5 Å². The predicted octanol–water partition coefficient (Wildman–Crippen LogP) is 7.39. The average molecular weight is 679 g/mol. The van der Waals surface area contributed by atoms with E-state index in [9.17, 15) is 34.8 Å². The zero-order chi connectivity index (χ0) is 37.0. The molecule has 0 spiro atoms. The highest BCUT2D eigenvalue weighted by molar-refractivity contribution is 5.89. The number of nitrogens with one attached hydrogen (secondary N) is 2. The van der Waals surface area contributed by atoms with Crippen LogP contribution in [0.1, 0.15) is 81.1 Å². The van der Waals surface area contributed by atoms with E-state index in [1.165, 1.54) is 44.2 Å². The number of rotatable bonds is 13. The van der Waals surface area contributed by atoms with Crippen molar-refractivity contribution in [3.05, 3.63) is 42.5 Å². The van der Waals surface area contributed by atoms with Crippen LogP contribution in [0.2, 0.25) is 0 Å². The fourth-order valence-corrected chi connectivity index (χ4v) is 3.82. The molecule has 2 rings (SSSR count). The Morgan fingerprint density at radius 1 is 0.755 bits per heavy atom. The third-order valence-corrected chi connectivity index (χ3v) is 6.18. The highest BCUT2D eigenvalue weighted by Gasteiger charge is 2.30. The second-order valence-electron chi connectivity index (χ2n) is 13.3. The van der Waals surface area contributed by atoms with Gasteiger partial charge >= 0.3 is 24.1 Å².